The molecule has 29 heavy (non-hydrogen) atoms. The third-order valence-electron chi connectivity index (χ3n) is 4.34. The number of methoxy groups -OCH3 is 1. The van der Waals surface area contributed by atoms with E-state index in [0.29, 0.717) is 23.6 Å². The lowest BCUT2D eigenvalue weighted by molar-refractivity contribution is -0.120. The summed E-state index contributed by atoms with van der Waals surface area (Å²) < 4.78 is 36.2. The van der Waals surface area contributed by atoms with E-state index in [-0.39, 0.29) is 28.7 Å². The number of nitrogens with zero attached hydrogens (tertiary/aromatic N) is 1. The molecule has 8 heteroatoms. The van der Waals surface area contributed by atoms with Crippen LogP contribution >= 0.6 is 0 Å². The summed E-state index contributed by atoms with van der Waals surface area (Å²) in [6.07, 6.45) is -0.149. The maximum Gasteiger partial charge on any atom is 0.221 e. The molecule has 2 aromatic carbocycles. The number of carbonyl (C=O) groups is 1. The fourth-order valence-corrected chi connectivity index (χ4v) is 4.23. The fraction of sp³-hybridized carbons (Fsp3) is 0.238. The van der Waals surface area contributed by atoms with E-state index in [0.717, 1.165) is 5.56 Å². The van der Waals surface area contributed by atoms with E-state index < -0.39 is 9.84 Å². The van der Waals surface area contributed by atoms with Crippen LogP contribution < -0.4 is 10.1 Å². The Kier molecular flexibility index (Phi) is 6.33. The van der Waals surface area contributed by atoms with Crippen LogP contribution in [0.2, 0.25) is 0 Å². The summed E-state index contributed by atoms with van der Waals surface area (Å²) in [5, 5.41) is 6.56. The molecule has 1 heterocycles. The molecule has 0 aliphatic carbocycles. The molecule has 0 unspecified atom stereocenters. The predicted molar refractivity (Wildman–Crippen MR) is 108 cm³/mol. The highest BCUT2D eigenvalue weighted by atomic mass is 32.2. The lowest BCUT2D eigenvalue weighted by Gasteiger charge is -2.11. The van der Waals surface area contributed by atoms with Crippen LogP contribution in [0.15, 0.2) is 64.0 Å². The molecule has 0 radical (unpaired) electrons. The molecule has 0 atom stereocenters. The van der Waals surface area contributed by atoms with Gasteiger partial charge in [0.1, 0.15) is 10.6 Å². The second-order valence-corrected chi connectivity index (χ2v) is 8.61. The van der Waals surface area contributed by atoms with Crippen LogP contribution in [0.3, 0.4) is 0 Å². The molecule has 7 nitrogen and oxygen atoms in total. The number of amides is 1. The van der Waals surface area contributed by atoms with Crippen LogP contribution in [0.5, 0.6) is 5.75 Å². The lowest BCUT2D eigenvalue weighted by atomic mass is 10.1. The van der Waals surface area contributed by atoms with Crippen molar-refractivity contribution < 1.29 is 22.5 Å². The second kappa shape index (κ2) is 8.91. The van der Waals surface area contributed by atoms with Crippen LogP contribution in [-0.4, -0.2) is 32.3 Å². The van der Waals surface area contributed by atoms with Gasteiger partial charge in [-0.1, -0.05) is 35.5 Å². The average molecular weight is 414 g/mol. The zero-order valence-electron chi connectivity index (χ0n) is 16.2. The van der Waals surface area contributed by atoms with Gasteiger partial charge in [-0.2, -0.15) is 0 Å². The summed E-state index contributed by atoms with van der Waals surface area (Å²) >= 11 is 0. The van der Waals surface area contributed by atoms with Gasteiger partial charge >= 0.3 is 0 Å². The molecule has 1 amide bonds. The minimum Gasteiger partial charge on any atom is -0.495 e. The molecular weight excluding hydrogens is 392 g/mol. The minimum atomic E-state index is -3.75. The first-order chi connectivity index (χ1) is 13.9. The maximum atomic E-state index is 12.9. The Balaban J connectivity index is 1.71. The Morgan fingerprint density at radius 2 is 1.90 bits per heavy atom. The standard InChI is InChI=1S/C21H22N2O5S/c1-15-12-19(28-23-15)17-8-9-18(27-2)20(13-17)29(25,26)11-10-21(24)22-14-16-6-4-3-5-7-16/h3-9,12-13H,10-11,14H2,1-2H3,(H,22,24). The van der Waals surface area contributed by atoms with Crippen molar-refractivity contribution in [2.45, 2.75) is 24.8 Å². The third-order valence-corrected chi connectivity index (χ3v) is 6.07. The van der Waals surface area contributed by atoms with Crippen molar-refractivity contribution in [3.8, 4) is 17.1 Å². The van der Waals surface area contributed by atoms with Crippen molar-refractivity contribution >= 4 is 15.7 Å². The Morgan fingerprint density at radius 3 is 2.55 bits per heavy atom. The van der Waals surface area contributed by atoms with Crippen LogP contribution in [0.1, 0.15) is 17.7 Å². The average Bonchev–Trinajstić information content (AvgIpc) is 3.17. The molecule has 0 aliphatic heterocycles. The van der Waals surface area contributed by atoms with Crippen molar-refractivity contribution in [3.63, 3.8) is 0 Å². The normalized spacial score (nSPS) is 11.2. The summed E-state index contributed by atoms with van der Waals surface area (Å²) in [6.45, 7) is 2.13. The van der Waals surface area contributed by atoms with Gasteiger partial charge in [-0.05, 0) is 30.7 Å². The smallest absolute Gasteiger partial charge is 0.221 e. The summed E-state index contributed by atoms with van der Waals surface area (Å²) in [6, 6.07) is 15.9. The van der Waals surface area contributed by atoms with Crippen molar-refractivity contribution in [1.29, 1.82) is 0 Å². The number of hydrogen-bond acceptors (Lipinski definition) is 6. The third kappa shape index (κ3) is 5.23. The van der Waals surface area contributed by atoms with Crippen LogP contribution in [0.4, 0.5) is 0 Å². The van der Waals surface area contributed by atoms with E-state index in [1.807, 2.05) is 30.3 Å². The van der Waals surface area contributed by atoms with Gasteiger partial charge in [0.25, 0.3) is 0 Å². The minimum absolute atomic E-state index is 0.0161. The van der Waals surface area contributed by atoms with Crippen molar-refractivity contribution in [1.82, 2.24) is 10.5 Å². The van der Waals surface area contributed by atoms with E-state index in [1.54, 1.807) is 25.1 Å². The first-order valence-electron chi connectivity index (χ1n) is 9.04. The maximum absolute atomic E-state index is 12.9. The molecular formula is C21H22N2O5S. The number of nitrogens with one attached hydrogen (secondary N) is 1. The van der Waals surface area contributed by atoms with E-state index in [4.69, 9.17) is 9.26 Å². The highest BCUT2D eigenvalue weighted by Gasteiger charge is 2.22. The van der Waals surface area contributed by atoms with Gasteiger partial charge in [-0.15, -0.1) is 0 Å². The summed E-state index contributed by atoms with van der Waals surface area (Å²) in [5.74, 6) is 0.0124. The number of benzene rings is 2. The van der Waals surface area contributed by atoms with E-state index in [1.165, 1.54) is 13.2 Å². The Bertz CT molecular complexity index is 1090. The largest absolute Gasteiger partial charge is 0.495 e. The van der Waals surface area contributed by atoms with E-state index in [9.17, 15) is 13.2 Å². The van der Waals surface area contributed by atoms with Crippen molar-refractivity contribution in [3.05, 3.63) is 65.9 Å². The Hall–Kier alpha value is -3.13. The molecule has 0 saturated heterocycles. The molecule has 0 spiro atoms. The Morgan fingerprint density at radius 1 is 1.14 bits per heavy atom. The molecule has 0 bridgehead atoms. The number of aryl methyl sites for hydroxylation is 1. The number of rotatable bonds is 8. The van der Waals surface area contributed by atoms with Gasteiger partial charge in [-0.3, -0.25) is 4.79 Å². The molecule has 0 saturated carbocycles. The second-order valence-electron chi connectivity index (χ2n) is 6.53. The van der Waals surface area contributed by atoms with Crippen LogP contribution in [-0.2, 0) is 21.2 Å². The molecule has 0 fully saturated rings. The summed E-state index contributed by atoms with van der Waals surface area (Å²) in [7, 11) is -2.35. The van der Waals surface area contributed by atoms with E-state index >= 15 is 0 Å². The van der Waals surface area contributed by atoms with Gasteiger partial charge in [0.2, 0.25) is 5.91 Å². The predicted octanol–water partition coefficient (Wildman–Crippen LogP) is 3.14. The van der Waals surface area contributed by atoms with Gasteiger partial charge in [0.15, 0.2) is 15.6 Å². The SMILES string of the molecule is COc1ccc(-c2cc(C)no2)cc1S(=O)(=O)CCC(=O)NCc1ccccc1. The first-order valence-corrected chi connectivity index (χ1v) is 10.7. The van der Waals surface area contributed by atoms with Gasteiger partial charge in [-0.25, -0.2) is 8.42 Å². The summed E-state index contributed by atoms with van der Waals surface area (Å²) in [4.78, 5) is 12.1. The molecule has 0 aliphatic rings. The zero-order valence-corrected chi connectivity index (χ0v) is 17.0. The van der Waals surface area contributed by atoms with Crippen LogP contribution in [0, 0.1) is 6.92 Å². The van der Waals surface area contributed by atoms with Gasteiger partial charge in [0.05, 0.1) is 18.6 Å². The van der Waals surface area contributed by atoms with Gasteiger partial charge in [0, 0.05) is 24.6 Å². The fourth-order valence-electron chi connectivity index (χ4n) is 2.79. The highest BCUT2D eigenvalue weighted by Crippen LogP contribution is 2.31. The number of sulfone groups is 1. The molecule has 152 valence electrons. The number of hydrogen-bond donors (Lipinski definition) is 1. The first kappa shape index (κ1) is 20.6. The zero-order chi connectivity index (χ0) is 20.9. The molecule has 3 rings (SSSR count). The number of carbonyl (C=O) groups excluding carboxylic acids is 1. The Labute approximate surface area is 169 Å². The quantitative estimate of drug-likeness (QED) is 0.608. The van der Waals surface area contributed by atoms with E-state index in [2.05, 4.69) is 10.5 Å². The monoisotopic (exact) mass is 414 g/mol. The van der Waals surface area contributed by atoms with Gasteiger partial charge < -0.3 is 14.6 Å². The summed E-state index contributed by atoms with van der Waals surface area (Å²) in [5.41, 5.74) is 2.20. The lowest BCUT2D eigenvalue weighted by Crippen LogP contribution is -2.25. The van der Waals surface area contributed by atoms with Crippen LogP contribution in [0.25, 0.3) is 11.3 Å². The number of aromatic nitrogens is 1. The molecule has 3 aromatic rings. The van der Waals surface area contributed by atoms with Crippen molar-refractivity contribution in [2.24, 2.45) is 0 Å². The number of ether oxygens (including phenoxy) is 1. The topological polar surface area (TPSA) is 98.5 Å². The van der Waals surface area contributed by atoms with Crippen molar-refractivity contribution in [2.75, 3.05) is 12.9 Å². The molecule has 1 aromatic heterocycles. The molecule has 1 N–H and O–H groups in total. The highest BCUT2D eigenvalue weighted by molar-refractivity contribution is 7.91.